The molecule has 0 saturated carbocycles. The van der Waals surface area contributed by atoms with Gasteiger partial charge >= 0.3 is 0 Å². The monoisotopic (exact) mass is 404 g/mol. The predicted octanol–water partition coefficient (Wildman–Crippen LogP) is 3.93. The Morgan fingerprint density at radius 3 is 2.75 bits per heavy atom. The van der Waals surface area contributed by atoms with Gasteiger partial charge in [-0.25, -0.2) is 9.37 Å². The van der Waals surface area contributed by atoms with Crippen molar-refractivity contribution in [3.8, 4) is 0 Å². The van der Waals surface area contributed by atoms with Crippen LogP contribution in [0.4, 0.5) is 4.39 Å². The van der Waals surface area contributed by atoms with Crippen LogP contribution in [0.2, 0.25) is 0 Å². The second-order valence-corrected chi connectivity index (χ2v) is 6.68. The molecule has 2 rings (SSSR count). The van der Waals surface area contributed by atoms with Gasteiger partial charge in [-0.1, -0.05) is 26.0 Å². The first-order chi connectivity index (χ1) is 9.49. The van der Waals surface area contributed by atoms with Crippen LogP contribution in [0.3, 0.4) is 0 Å². The van der Waals surface area contributed by atoms with E-state index in [0.29, 0.717) is 20.0 Å². The van der Waals surface area contributed by atoms with Crippen LogP contribution in [0.5, 0.6) is 0 Å². The Morgan fingerprint density at radius 1 is 1.40 bits per heavy atom. The maximum Gasteiger partial charge on any atom is 0.264 e. The number of rotatable bonds is 4. The molecule has 0 amide bonds. The van der Waals surface area contributed by atoms with Crippen molar-refractivity contribution in [1.29, 1.82) is 0 Å². The molecule has 2 aromatic rings. The van der Waals surface area contributed by atoms with Gasteiger partial charge in [0, 0.05) is 4.90 Å². The largest absolute Gasteiger partial charge is 0.309 e. The zero-order chi connectivity index (χ0) is 14.7. The van der Waals surface area contributed by atoms with Crippen molar-refractivity contribution in [2.24, 2.45) is 0 Å². The standard InChI is InChI=1S/C14H14FIN2OS/c1-8(2)13-12(16)14(19)18-11(17-13)7-20-10-6-4-3-5-9(10)15/h3-6,8H,7H2,1-2H3,(H,17,18,19). The number of hydrogen-bond donors (Lipinski definition) is 1. The average molecular weight is 404 g/mol. The molecule has 0 aliphatic rings. The highest BCUT2D eigenvalue weighted by Crippen LogP contribution is 2.24. The molecule has 106 valence electrons. The molecule has 3 nitrogen and oxygen atoms in total. The van der Waals surface area contributed by atoms with Crippen LogP contribution in [0.25, 0.3) is 0 Å². The molecule has 0 saturated heterocycles. The zero-order valence-electron chi connectivity index (χ0n) is 11.1. The van der Waals surface area contributed by atoms with E-state index in [2.05, 4.69) is 9.97 Å². The van der Waals surface area contributed by atoms with E-state index in [-0.39, 0.29) is 17.3 Å². The lowest BCUT2D eigenvalue weighted by Crippen LogP contribution is -2.18. The average Bonchev–Trinajstić information content (AvgIpc) is 2.41. The second kappa shape index (κ2) is 6.71. The molecule has 0 radical (unpaired) electrons. The van der Waals surface area contributed by atoms with Crippen LogP contribution in [0.1, 0.15) is 31.3 Å². The molecule has 0 unspecified atom stereocenters. The van der Waals surface area contributed by atoms with Gasteiger partial charge in [0.05, 0.1) is 15.0 Å². The molecule has 1 N–H and O–H groups in total. The smallest absolute Gasteiger partial charge is 0.264 e. The van der Waals surface area contributed by atoms with Gasteiger partial charge in [-0.05, 0) is 40.6 Å². The molecule has 0 atom stereocenters. The summed E-state index contributed by atoms with van der Waals surface area (Å²) in [5, 5.41) is 0. The van der Waals surface area contributed by atoms with Gasteiger partial charge in [-0.2, -0.15) is 0 Å². The highest BCUT2D eigenvalue weighted by molar-refractivity contribution is 14.1. The summed E-state index contributed by atoms with van der Waals surface area (Å²) in [6, 6.07) is 6.58. The molecule has 6 heteroatoms. The van der Waals surface area contributed by atoms with Crippen molar-refractivity contribution in [1.82, 2.24) is 9.97 Å². The van der Waals surface area contributed by atoms with Gasteiger partial charge in [-0.3, -0.25) is 4.79 Å². The molecular weight excluding hydrogens is 390 g/mol. The van der Waals surface area contributed by atoms with Crippen LogP contribution in [-0.2, 0) is 5.75 Å². The number of aromatic amines is 1. The van der Waals surface area contributed by atoms with Crippen molar-refractivity contribution in [2.75, 3.05) is 0 Å². The number of halogens is 2. The number of nitrogens with one attached hydrogen (secondary N) is 1. The van der Waals surface area contributed by atoms with Gasteiger partial charge in [0.15, 0.2) is 0 Å². The maximum atomic E-state index is 13.5. The van der Waals surface area contributed by atoms with Crippen LogP contribution in [-0.4, -0.2) is 9.97 Å². The van der Waals surface area contributed by atoms with Gasteiger partial charge in [0.1, 0.15) is 11.6 Å². The molecule has 20 heavy (non-hydrogen) atoms. The normalized spacial score (nSPS) is 11.1. The van der Waals surface area contributed by atoms with Crippen molar-refractivity contribution < 1.29 is 4.39 Å². The zero-order valence-corrected chi connectivity index (χ0v) is 14.1. The van der Waals surface area contributed by atoms with Crippen LogP contribution < -0.4 is 5.56 Å². The van der Waals surface area contributed by atoms with E-state index >= 15 is 0 Å². The summed E-state index contributed by atoms with van der Waals surface area (Å²) in [5.41, 5.74) is 0.659. The Balaban J connectivity index is 2.23. The van der Waals surface area contributed by atoms with Crippen molar-refractivity contribution >= 4 is 34.4 Å². The third-order valence-corrected chi connectivity index (χ3v) is 4.79. The van der Waals surface area contributed by atoms with E-state index in [1.54, 1.807) is 18.2 Å². The molecule has 1 aromatic heterocycles. The van der Waals surface area contributed by atoms with E-state index < -0.39 is 0 Å². The molecule has 0 aliphatic carbocycles. The SMILES string of the molecule is CC(C)c1nc(CSc2ccccc2F)[nH]c(=O)c1I. The summed E-state index contributed by atoms with van der Waals surface area (Å²) in [6.45, 7) is 4.00. The highest BCUT2D eigenvalue weighted by Gasteiger charge is 2.12. The Labute approximate surface area is 134 Å². The Bertz CT molecular complexity index is 672. The summed E-state index contributed by atoms with van der Waals surface area (Å²) in [6.07, 6.45) is 0. The van der Waals surface area contributed by atoms with E-state index in [1.165, 1.54) is 17.8 Å². The first-order valence-corrected chi connectivity index (χ1v) is 8.21. The topological polar surface area (TPSA) is 45.8 Å². The van der Waals surface area contributed by atoms with E-state index in [1.807, 2.05) is 36.4 Å². The third kappa shape index (κ3) is 3.60. The molecular formula is C14H14FIN2OS. The number of hydrogen-bond acceptors (Lipinski definition) is 3. The summed E-state index contributed by atoms with van der Waals surface area (Å²) in [4.78, 5) is 19.6. The molecule has 0 aliphatic heterocycles. The fourth-order valence-corrected chi connectivity index (χ4v) is 3.37. The van der Waals surface area contributed by atoms with Crippen molar-refractivity contribution in [2.45, 2.75) is 30.4 Å². The summed E-state index contributed by atoms with van der Waals surface area (Å²) < 4.78 is 14.2. The highest BCUT2D eigenvalue weighted by atomic mass is 127. The van der Waals surface area contributed by atoms with Gasteiger partial charge in [0.2, 0.25) is 0 Å². The molecule has 0 fully saturated rings. The van der Waals surface area contributed by atoms with Crippen LogP contribution in [0.15, 0.2) is 34.0 Å². The first kappa shape index (κ1) is 15.5. The molecule has 1 heterocycles. The Hall–Kier alpha value is -0.890. The molecule has 0 bridgehead atoms. The number of H-pyrrole nitrogens is 1. The minimum atomic E-state index is -0.255. The fourth-order valence-electron chi connectivity index (χ4n) is 1.68. The molecule has 0 spiro atoms. The van der Waals surface area contributed by atoms with Gasteiger partial charge in [-0.15, -0.1) is 11.8 Å². The minimum Gasteiger partial charge on any atom is -0.309 e. The van der Waals surface area contributed by atoms with E-state index in [0.717, 1.165) is 5.69 Å². The third-order valence-electron chi connectivity index (χ3n) is 2.69. The van der Waals surface area contributed by atoms with Crippen LogP contribution >= 0.6 is 34.4 Å². The fraction of sp³-hybridized carbons (Fsp3) is 0.286. The van der Waals surface area contributed by atoms with Crippen LogP contribution in [0, 0.1) is 9.39 Å². The number of aromatic nitrogens is 2. The first-order valence-electron chi connectivity index (χ1n) is 6.15. The summed E-state index contributed by atoms with van der Waals surface area (Å²) >= 11 is 3.33. The lowest BCUT2D eigenvalue weighted by molar-refractivity contribution is 0.602. The number of thioether (sulfide) groups is 1. The minimum absolute atomic E-state index is 0.131. The summed E-state index contributed by atoms with van der Waals surface area (Å²) in [7, 11) is 0. The summed E-state index contributed by atoms with van der Waals surface area (Å²) in [5.74, 6) is 0.940. The van der Waals surface area contributed by atoms with E-state index in [9.17, 15) is 9.18 Å². The Kier molecular flexibility index (Phi) is 5.20. The number of nitrogens with zero attached hydrogens (tertiary/aromatic N) is 1. The van der Waals surface area contributed by atoms with E-state index in [4.69, 9.17) is 0 Å². The maximum absolute atomic E-state index is 13.5. The lowest BCUT2D eigenvalue weighted by atomic mass is 10.1. The van der Waals surface area contributed by atoms with Crippen molar-refractivity contribution in [3.63, 3.8) is 0 Å². The van der Waals surface area contributed by atoms with Gasteiger partial charge < -0.3 is 4.98 Å². The number of benzene rings is 1. The van der Waals surface area contributed by atoms with Crippen molar-refractivity contribution in [3.05, 3.63) is 55.5 Å². The predicted molar refractivity (Wildman–Crippen MR) is 87.6 cm³/mol. The quantitative estimate of drug-likeness (QED) is 0.621. The second-order valence-electron chi connectivity index (χ2n) is 4.59. The molecule has 1 aromatic carbocycles. The Morgan fingerprint density at radius 2 is 2.10 bits per heavy atom. The lowest BCUT2D eigenvalue weighted by Gasteiger charge is -2.09. The van der Waals surface area contributed by atoms with Gasteiger partial charge in [0.25, 0.3) is 5.56 Å².